The van der Waals surface area contributed by atoms with Gasteiger partial charge in [0.05, 0.1) is 37.1 Å². The Bertz CT molecular complexity index is 950. The van der Waals surface area contributed by atoms with E-state index in [2.05, 4.69) is 20.7 Å². The number of alkyl halides is 1. The fraction of sp³-hybridized carbons (Fsp3) is 0.350. The van der Waals surface area contributed by atoms with Crippen LogP contribution in [0.5, 0.6) is 17.2 Å². The predicted molar refractivity (Wildman–Crippen MR) is 114 cm³/mol. The highest BCUT2D eigenvalue weighted by Gasteiger charge is 2.31. The number of carbonyl (C=O) groups excluding carboxylic acids is 1. The van der Waals surface area contributed by atoms with Gasteiger partial charge in [-0.3, -0.25) is 4.79 Å². The first kappa shape index (κ1) is 23.2. The lowest BCUT2D eigenvalue weighted by molar-refractivity contribution is -0.116. The maximum atomic E-state index is 13.0. The molecule has 0 unspecified atom stereocenters. The minimum absolute atomic E-state index is 0.101. The van der Waals surface area contributed by atoms with E-state index in [0.29, 0.717) is 22.8 Å². The van der Waals surface area contributed by atoms with Crippen molar-refractivity contribution < 1.29 is 27.4 Å². The molecule has 0 aliphatic rings. The second kappa shape index (κ2) is 9.60. The van der Waals surface area contributed by atoms with Gasteiger partial charge in [-0.1, -0.05) is 33.6 Å². The second-order valence-corrected chi connectivity index (χ2v) is 9.08. The van der Waals surface area contributed by atoms with Gasteiger partial charge >= 0.3 is 0 Å². The third-order valence-electron chi connectivity index (χ3n) is 4.34. The van der Waals surface area contributed by atoms with Crippen LogP contribution in [0.1, 0.15) is 24.1 Å². The van der Waals surface area contributed by atoms with Crippen molar-refractivity contribution in [3.8, 4) is 17.2 Å². The summed E-state index contributed by atoms with van der Waals surface area (Å²) in [6.45, 7) is 3.25. The van der Waals surface area contributed by atoms with Crippen LogP contribution in [0.15, 0.2) is 41.3 Å². The average molecular weight is 486 g/mol. The largest absolute Gasteiger partial charge is 0.493 e. The van der Waals surface area contributed by atoms with Gasteiger partial charge in [0.2, 0.25) is 15.8 Å². The number of ether oxygens (including phenoxy) is 3. The Balaban J connectivity index is 2.57. The molecule has 7 nitrogen and oxygen atoms in total. The molecule has 2 rings (SSSR count). The molecule has 1 N–H and O–H groups in total. The monoisotopic (exact) mass is 485 g/mol. The lowest BCUT2D eigenvalue weighted by Gasteiger charge is -2.24. The van der Waals surface area contributed by atoms with Gasteiger partial charge in [0.25, 0.3) is 0 Å². The molecular formula is C20H24BrNO6S. The van der Waals surface area contributed by atoms with E-state index in [9.17, 15) is 13.2 Å². The van der Waals surface area contributed by atoms with Gasteiger partial charge in [-0.15, -0.1) is 0 Å². The molecule has 0 bridgehead atoms. The van der Waals surface area contributed by atoms with Crippen LogP contribution in [0.3, 0.4) is 0 Å². The summed E-state index contributed by atoms with van der Waals surface area (Å²) in [5, 5.41) is 0. The zero-order chi connectivity index (χ0) is 21.8. The maximum absolute atomic E-state index is 13.0. The van der Waals surface area contributed by atoms with Crippen molar-refractivity contribution in [3.05, 3.63) is 47.5 Å². The molecule has 0 radical (unpaired) electrons. The number of hydrogen-bond acceptors (Lipinski definition) is 6. The first-order valence-corrected chi connectivity index (χ1v) is 11.1. The van der Waals surface area contributed by atoms with Crippen molar-refractivity contribution in [1.82, 2.24) is 4.72 Å². The molecule has 2 atom stereocenters. The Labute approximate surface area is 179 Å². The Hall–Kier alpha value is -2.10. The van der Waals surface area contributed by atoms with Gasteiger partial charge in [-0.05, 0) is 43.7 Å². The van der Waals surface area contributed by atoms with Crippen LogP contribution < -0.4 is 18.9 Å². The molecule has 2 aromatic rings. The highest BCUT2D eigenvalue weighted by Crippen LogP contribution is 2.41. The molecule has 0 aliphatic carbocycles. The normalized spacial score (nSPS) is 13.4. The van der Waals surface area contributed by atoms with E-state index in [4.69, 9.17) is 14.2 Å². The van der Waals surface area contributed by atoms with Crippen molar-refractivity contribution in [2.45, 2.75) is 29.6 Å². The summed E-state index contributed by atoms with van der Waals surface area (Å²) >= 11 is 3.32. The summed E-state index contributed by atoms with van der Waals surface area (Å²) < 4.78 is 44.6. The average Bonchev–Trinajstić information content (AvgIpc) is 2.70. The minimum atomic E-state index is -3.90. The number of hydrogen-bond donors (Lipinski definition) is 1. The first-order valence-electron chi connectivity index (χ1n) is 8.68. The number of aryl methyl sites for hydroxylation is 1. The smallest absolute Gasteiger partial charge is 0.241 e. The maximum Gasteiger partial charge on any atom is 0.241 e. The number of Topliss-reactive ketones (excluding diaryl/α,β-unsaturated/α-hetero) is 1. The van der Waals surface area contributed by atoms with E-state index < -0.39 is 20.9 Å². The number of rotatable bonds is 9. The molecule has 29 heavy (non-hydrogen) atoms. The molecule has 0 saturated carbocycles. The molecule has 0 fully saturated rings. The lowest BCUT2D eigenvalue weighted by atomic mass is 10.0. The number of ketones is 1. The topological polar surface area (TPSA) is 90.9 Å². The van der Waals surface area contributed by atoms with Crippen LogP contribution in [0.2, 0.25) is 0 Å². The van der Waals surface area contributed by atoms with Crippen molar-refractivity contribution in [1.29, 1.82) is 0 Å². The predicted octanol–water partition coefficient (Wildman–Crippen LogP) is 3.39. The van der Waals surface area contributed by atoms with Crippen molar-refractivity contribution in [3.63, 3.8) is 0 Å². The summed E-state index contributed by atoms with van der Waals surface area (Å²) in [5.74, 6) is 0.831. The Morgan fingerprint density at radius 3 is 1.93 bits per heavy atom. The third-order valence-corrected chi connectivity index (χ3v) is 6.97. The minimum Gasteiger partial charge on any atom is -0.493 e. The number of methoxy groups -OCH3 is 3. The number of carbonyl (C=O) groups is 1. The molecule has 0 aromatic heterocycles. The molecule has 0 heterocycles. The standard InChI is InChI=1S/C20H24BrNO6S/c1-12-6-8-15(9-7-12)29(24,25)22-19(18(21)13(2)23)14-10-16(26-3)20(28-5)17(11-14)27-4/h6-11,18-19,22H,1-5H3/t18-,19+/m0/s1. The van der Waals surface area contributed by atoms with Crippen LogP contribution in [0.25, 0.3) is 0 Å². The summed E-state index contributed by atoms with van der Waals surface area (Å²) in [4.78, 5) is 11.4. The van der Waals surface area contributed by atoms with Gasteiger partial charge in [-0.25, -0.2) is 13.1 Å². The van der Waals surface area contributed by atoms with E-state index in [1.807, 2.05) is 6.92 Å². The van der Waals surface area contributed by atoms with E-state index in [0.717, 1.165) is 5.56 Å². The first-order chi connectivity index (χ1) is 13.6. The van der Waals surface area contributed by atoms with Crippen LogP contribution in [0, 0.1) is 6.92 Å². The Morgan fingerprint density at radius 1 is 1.00 bits per heavy atom. The van der Waals surface area contributed by atoms with Crippen molar-refractivity contribution in [2.24, 2.45) is 0 Å². The van der Waals surface area contributed by atoms with Crippen molar-refractivity contribution >= 4 is 31.7 Å². The zero-order valence-corrected chi connectivity index (χ0v) is 19.3. The number of nitrogens with one attached hydrogen (secondary N) is 1. The van der Waals surface area contributed by atoms with E-state index in [-0.39, 0.29) is 10.7 Å². The highest BCUT2D eigenvalue weighted by atomic mass is 79.9. The fourth-order valence-corrected chi connectivity index (χ4v) is 4.61. The summed E-state index contributed by atoms with van der Waals surface area (Å²) in [6, 6.07) is 8.76. The van der Waals surface area contributed by atoms with E-state index in [1.165, 1.54) is 40.4 Å². The highest BCUT2D eigenvalue weighted by molar-refractivity contribution is 9.10. The van der Waals surface area contributed by atoms with E-state index in [1.54, 1.807) is 24.3 Å². The molecule has 0 amide bonds. The number of benzene rings is 2. The molecule has 0 aliphatic heterocycles. The van der Waals surface area contributed by atoms with Gasteiger partial charge in [0.1, 0.15) is 5.78 Å². The molecule has 9 heteroatoms. The summed E-state index contributed by atoms with van der Waals surface area (Å²) in [5.41, 5.74) is 1.42. The molecule has 2 aromatic carbocycles. The molecule has 0 saturated heterocycles. The molecule has 158 valence electrons. The second-order valence-electron chi connectivity index (χ2n) is 6.38. The summed E-state index contributed by atoms with van der Waals surface area (Å²) in [6.07, 6.45) is 0. The quantitative estimate of drug-likeness (QED) is 0.547. The van der Waals surface area contributed by atoms with Crippen LogP contribution in [-0.4, -0.2) is 40.4 Å². The van der Waals surface area contributed by atoms with Crippen molar-refractivity contribution in [2.75, 3.05) is 21.3 Å². The van der Waals surface area contributed by atoms with Gasteiger partial charge in [-0.2, -0.15) is 0 Å². The SMILES string of the molecule is COc1cc([C@@H](NS(=O)(=O)c2ccc(C)cc2)[C@@H](Br)C(C)=O)cc(OC)c1OC. The number of halogens is 1. The van der Waals surface area contributed by atoms with Gasteiger partial charge in [0, 0.05) is 0 Å². The van der Waals surface area contributed by atoms with E-state index >= 15 is 0 Å². The van der Waals surface area contributed by atoms with Gasteiger partial charge in [0.15, 0.2) is 11.5 Å². The van der Waals surface area contributed by atoms with Gasteiger partial charge < -0.3 is 14.2 Å². The molecular weight excluding hydrogens is 462 g/mol. The number of sulfonamides is 1. The Morgan fingerprint density at radius 2 is 1.52 bits per heavy atom. The summed E-state index contributed by atoms with van der Waals surface area (Å²) in [7, 11) is 0.493. The van der Waals surface area contributed by atoms with Crippen LogP contribution >= 0.6 is 15.9 Å². The third kappa shape index (κ3) is 5.29. The lowest BCUT2D eigenvalue weighted by Crippen LogP contribution is -2.36. The molecule has 0 spiro atoms. The van der Waals surface area contributed by atoms with Crippen LogP contribution in [0.4, 0.5) is 0 Å². The fourth-order valence-electron chi connectivity index (χ4n) is 2.76. The zero-order valence-electron chi connectivity index (χ0n) is 16.9. The Kier molecular flexibility index (Phi) is 7.67. The van der Waals surface area contributed by atoms with Crippen LogP contribution in [-0.2, 0) is 14.8 Å².